The van der Waals surface area contributed by atoms with Crippen molar-refractivity contribution < 1.29 is 4.42 Å². The Kier molecular flexibility index (Phi) is 4.15. The van der Waals surface area contributed by atoms with Crippen molar-refractivity contribution in [1.29, 1.82) is 0 Å². The van der Waals surface area contributed by atoms with E-state index in [1.54, 1.807) is 0 Å². The third kappa shape index (κ3) is 3.42. The summed E-state index contributed by atoms with van der Waals surface area (Å²) in [6.45, 7) is 8.24. The van der Waals surface area contributed by atoms with Crippen LogP contribution in [-0.2, 0) is 0 Å². The predicted octanol–water partition coefficient (Wildman–Crippen LogP) is 4.83. The van der Waals surface area contributed by atoms with Crippen molar-refractivity contribution in [2.24, 2.45) is 0 Å². The SMILES string of the molecule is Cc1ccc(-c2nnc([C@@H](C)Nc3cc(C)ccc3C)o2)cc1. The Morgan fingerprint density at radius 3 is 2.35 bits per heavy atom. The molecule has 0 aliphatic heterocycles. The molecule has 4 heteroatoms. The van der Waals surface area contributed by atoms with Gasteiger partial charge in [0.1, 0.15) is 6.04 Å². The zero-order chi connectivity index (χ0) is 16.4. The summed E-state index contributed by atoms with van der Waals surface area (Å²) in [5.74, 6) is 1.14. The predicted molar refractivity (Wildman–Crippen MR) is 92.4 cm³/mol. The summed E-state index contributed by atoms with van der Waals surface area (Å²) in [4.78, 5) is 0. The Morgan fingerprint density at radius 1 is 0.913 bits per heavy atom. The Balaban J connectivity index is 1.79. The molecule has 3 rings (SSSR count). The molecule has 0 saturated heterocycles. The summed E-state index contributed by atoms with van der Waals surface area (Å²) in [7, 11) is 0. The quantitative estimate of drug-likeness (QED) is 0.749. The van der Waals surface area contributed by atoms with Gasteiger partial charge in [0.25, 0.3) is 0 Å². The lowest BCUT2D eigenvalue weighted by molar-refractivity contribution is 0.485. The van der Waals surface area contributed by atoms with Gasteiger partial charge < -0.3 is 9.73 Å². The third-order valence-electron chi connectivity index (χ3n) is 3.87. The number of aromatic nitrogens is 2. The molecule has 0 spiro atoms. The molecule has 0 saturated carbocycles. The van der Waals surface area contributed by atoms with Gasteiger partial charge in [-0.2, -0.15) is 0 Å². The van der Waals surface area contributed by atoms with Crippen LogP contribution in [0.2, 0.25) is 0 Å². The molecule has 0 aliphatic rings. The molecule has 1 heterocycles. The van der Waals surface area contributed by atoms with Crippen molar-refractivity contribution in [2.75, 3.05) is 5.32 Å². The van der Waals surface area contributed by atoms with Gasteiger partial charge in [0.2, 0.25) is 11.8 Å². The maximum atomic E-state index is 5.83. The standard InChI is InChI=1S/C19H21N3O/c1-12-6-9-16(10-7-12)19-22-21-18(23-19)15(4)20-17-11-13(2)5-8-14(17)3/h5-11,15,20H,1-4H3/t15-/m1/s1. The van der Waals surface area contributed by atoms with Crippen molar-refractivity contribution in [3.05, 3.63) is 65.0 Å². The zero-order valence-corrected chi connectivity index (χ0v) is 13.9. The van der Waals surface area contributed by atoms with Gasteiger partial charge in [0.15, 0.2) is 0 Å². The van der Waals surface area contributed by atoms with Crippen molar-refractivity contribution >= 4 is 5.69 Å². The molecule has 2 aromatic carbocycles. The third-order valence-corrected chi connectivity index (χ3v) is 3.87. The second-order valence-corrected chi connectivity index (χ2v) is 6.00. The molecule has 0 radical (unpaired) electrons. The normalized spacial score (nSPS) is 12.2. The fourth-order valence-electron chi connectivity index (χ4n) is 2.41. The van der Waals surface area contributed by atoms with Crippen LogP contribution in [0.4, 0.5) is 5.69 Å². The van der Waals surface area contributed by atoms with Crippen molar-refractivity contribution in [3.63, 3.8) is 0 Å². The second-order valence-electron chi connectivity index (χ2n) is 6.00. The summed E-state index contributed by atoms with van der Waals surface area (Å²) < 4.78 is 5.83. The number of hydrogen-bond acceptors (Lipinski definition) is 4. The smallest absolute Gasteiger partial charge is 0.247 e. The molecule has 0 amide bonds. The lowest BCUT2D eigenvalue weighted by Gasteiger charge is -2.14. The van der Waals surface area contributed by atoms with E-state index in [1.165, 1.54) is 16.7 Å². The molecule has 1 aromatic heterocycles. The van der Waals surface area contributed by atoms with Gasteiger partial charge in [-0.15, -0.1) is 10.2 Å². The number of benzene rings is 2. The molecule has 1 N–H and O–H groups in total. The molecule has 3 aromatic rings. The number of anilines is 1. The van der Waals surface area contributed by atoms with E-state index in [0.29, 0.717) is 11.8 Å². The highest BCUT2D eigenvalue weighted by molar-refractivity contribution is 5.54. The van der Waals surface area contributed by atoms with Crippen molar-refractivity contribution in [2.45, 2.75) is 33.7 Å². The lowest BCUT2D eigenvalue weighted by atomic mass is 10.1. The summed E-state index contributed by atoms with van der Waals surface area (Å²) in [5.41, 5.74) is 5.65. The van der Waals surface area contributed by atoms with Crippen molar-refractivity contribution in [1.82, 2.24) is 10.2 Å². The first kappa shape index (κ1) is 15.3. The topological polar surface area (TPSA) is 51.0 Å². The molecule has 1 atom stereocenters. The minimum absolute atomic E-state index is 0.0535. The Labute approximate surface area is 136 Å². The van der Waals surface area contributed by atoms with Gasteiger partial charge in [-0.1, -0.05) is 29.8 Å². The number of hydrogen-bond donors (Lipinski definition) is 1. The summed E-state index contributed by atoms with van der Waals surface area (Å²) in [6.07, 6.45) is 0. The monoisotopic (exact) mass is 307 g/mol. The van der Waals surface area contributed by atoms with Gasteiger partial charge in [-0.3, -0.25) is 0 Å². The molecule has 4 nitrogen and oxygen atoms in total. The van der Waals surface area contributed by atoms with E-state index in [-0.39, 0.29) is 6.04 Å². The molecular weight excluding hydrogens is 286 g/mol. The van der Waals surface area contributed by atoms with Gasteiger partial charge >= 0.3 is 0 Å². The van der Waals surface area contributed by atoms with E-state index in [2.05, 4.69) is 54.5 Å². The van der Waals surface area contributed by atoms with Crippen LogP contribution < -0.4 is 5.32 Å². The first-order chi connectivity index (χ1) is 11.0. The molecule has 0 bridgehead atoms. The Morgan fingerprint density at radius 2 is 1.61 bits per heavy atom. The number of rotatable bonds is 4. The Bertz CT molecular complexity index is 806. The Hall–Kier alpha value is -2.62. The second kappa shape index (κ2) is 6.24. The van der Waals surface area contributed by atoms with E-state index < -0.39 is 0 Å². The van der Waals surface area contributed by atoms with E-state index >= 15 is 0 Å². The maximum Gasteiger partial charge on any atom is 0.247 e. The van der Waals surface area contributed by atoms with Crippen LogP contribution in [-0.4, -0.2) is 10.2 Å². The van der Waals surface area contributed by atoms with E-state index in [9.17, 15) is 0 Å². The first-order valence-corrected chi connectivity index (χ1v) is 7.77. The number of aryl methyl sites for hydroxylation is 3. The van der Waals surface area contributed by atoms with Crippen LogP contribution in [0.5, 0.6) is 0 Å². The van der Waals surface area contributed by atoms with E-state index in [0.717, 1.165) is 11.3 Å². The average Bonchev–Trinajstić information content (AvgIpc) is 3.02. The average molecular weight is 307 g/mol. The minimum Gasteiger partial charge on any atom is -0.418 e. The van der Waals surface area contributed by atoms with Gasteiger partial charge in [0.05, 0.1) is 0 Å². The zero-order valence-electron chi connectivity index (χ0n) is 13.9. The van der Waals surface area contributed by atoms with Crippen LogP contribution >= 0.6 is 0 Å². The van der Waals surface area contributed by atoms with Gasteiger partial charge in [-0.05, 0) is 57.0 Å². The molecular formula is C19H21N3O. The summed E-state index contributed by atoms with van der Waals surface area (Å²) >= 11 is 0. The largest absolute Gasteiger partial charge is 0.418 e. The van der Waals surface area contributed by atoms with Crippen molar-refractivity contribution in [3.8, 4) is 11.5 Å². The number of nitrogens with zero attached hydrogens (tertiary/aromatic N) is 2. The van der Waals surface area contributed by atoms with Crippen LogP contribution in [0.15, 0.2) is 46.9 Å². The van der Waals surface area contributed by atoms with Crippen LogP contribution in [0.1, 0.15) is 35.5 Å². The molecule has 0 fully saturated rings. The number of nitrogens with one attached hydrogen (secondary N) is 1. The molecule has 0 aliphatic carbocycles. The van der Waals surface area contributed by atoms with Crippen LogP contribution in [0.3, 0.4) is 0 Å². The fraction of sp³-hybridized carbons (Fsp3) is 0.263. The van der Waals surface area contributed by atoms with E-state index in [4.69, 9.17) is 4.42 Å². The minimum atomic E-state index is -0.0535. The van der Waals surface area contributed by atoms with Gasteiger partial charge in [0, 0.05) is 11.3 Å². The lowest BCUT2D eigenvalue weighted by Crippen LogP contribution is -2.08. The van der Waals surface area contributed by atoms with Crippen LogP contribution in [0.25, 0.3) is 11.5 Å². The van der Waals surface area contributed by atoms with Gasteiger partial charge in [-0.25, -0.2) is 0 Å². The van der Waals surface area contributed by atoms with E-state index in [1.807, 2.05) is 31.2 Å². The first-order valence-electron chi connectivity index (χ1n) is 7.77. The molecule has 118 valence electrons. The fourth-order valence-corrected chi connectivity index (χ4v) is 2.41. The highest BCUT2D eigenvalue weighted by atomic mass is 16.4. The summed E-state index contributed by atoms with van der Waals surface area (Å²) in [5, 5.41) is 11.8. The van der Waals surface area contributed by atoms with Crippen LogP contribution in [0, 0.1) is 20.8 Å². The highest BCUT2D eigenvalue weighted by Gasteiger charge is 2.15. The maximum absolute atomic E-state index is 5.83. The molecule has 0 unspecified atom stereocenters. The summed E-state index contributed by atoms with van der Waals surface area (Å²) in [6, 6.07) is 14.4. The highest BCUT2D eigenvalue weighted by Crippen LogP contribution is 2.25. The molecule has 23 heavy (non-hydrogen) atoms.